The summed E-state index contributed by atoms with van der Waals surface area (Å²) in [7, 11) is 0. The number of aromatic nitrogens is 2. The van der Waals surface area contributed by atoms with Gasteiger partial charge in [-0.25, -0.2) is 4.79 Å². The smallest absolute Gasteiger partial charge is 0.418 e. The summed E-state index contributed by atoms with van der Waals surface area (Å²) in [6, 6.07) is 22.1. The predicted molar refractivity (Wildman–Crippen MR) is 163 cm³/mol. The number of nitrogens with zero attached hydrogens (tertiary/aromatic N) is 3. The van der Waals surface area contributed by atoms with Gasteiger partial charge in [-0.3, -0.25) is 9.36 Å². The van der Waals surface area contributed by atoms with E-state index >= 15 is 0 Å². The molecule has 2 heterocycles. The van der Waals surface area contributed by atoms with Crippen LogP contribution in [0.4, 0.5) is 18.0 Å². The lowest BCUT2D eigenvalue weighted by molar-refractivity contribution is -0.137. The lowest BCUT2D eigenvalue weighted by atomic mass is 9.98. The van der Waals surface area contributed by atoms with Crippen molar-refractivity contribution in [3.05, 3.63) is 117 Å². The van der Waals surface area contributed by atoms with Crippen molar-refractivity contribution >= 4 is 17.0 Å². The molecule has 0 N–H and O–H groups in total. The van der Waals surface area contributed by atoms with E-state index in [1.807, 2.05) is 64.1 Å². The Hall–Kier alpha value is -5.10. The molecule has 5 aromatic rings. The Balaban J connectivity index is 1.65. The van der Waals surface area contributed by atoms with Crippen molar-refractivity contribution in [1.82, 2.24) is 9.13 Å². The van der Waals surface area contributed by atoms with Crippen molar-refractivity contribution in [3.8, 4) is 28.5 Å². The van der Waals surface area contributed by atoms with E-state index in [0.29, 0.717) is 22.2 Å². The Morgan fingerprint density at radius 1 is 0.955 bits per heavy atom. The van der Waals surface area contributed by atoms with E-state index in [2.05, 4.69) is 0 Å². The quantitative estimate of drug-likeness (QED) is 0.197. The summed E-state index contributed by atoms with van der Waals surface area (Å²) in [5, 5.41) is 10.4. The first-order valence-corrected chi connectivity index (χ1v) is 14.1. The van der Waals surface area contributed by atoms with Gasteiger partial charge in [0, 0.05) is 11.6 Å². The van der Waals surface area contributed by atoms with Crippen molar-refractivity contribution in [3.63, 3.8) is 0 Å². The topological polar surface area (TPSA) is 77.0 Å². The number of benzene rings is 3. The number of carbonyl (C=O) groups excluding carboxylic acids is 1. The highest BCUT2D eigenvalue weighted by molar-refractivity contribution is 5.92. The molecule has 3 aromatic carbocycles. The summed E-state index contributed by atoms with van der Waals surface area (Å²) in [6.07, 6.45) is -3.78. The highest BCUT2D eigenvalue weighted by Crippen LogP contribution is 2.35. The number of rotatable bonds is 6. The molecule has 0 unspecified atom stereocenters. The van der Waals surface area contributed by atoms with Crippen LogP contribution in [0.5, 0.6) is 0 Å². The zero-order valence-electron chi connectivity index (χ0n) is 24.7. The molecule has 6 nitrogen and oxygen atoms in total. The molecule has 0 aliphatic rings. The number of halogens is 3. The lowest BCUT2D eigenvalue weighted by Crippen LogP contribution is -2.29. The highest BCUT2D eigenvalue weighted by Gasteiger charge is 2.36. The van der Waals surface area contributed by atoms with Crippen LogP contribution in [0.3, 0.4) is 0 Å². The Morgan fingerprint density at radius 2 is 1.68 bits per heavy atom. The molecule has 5 rings (SSSR count). The third kappa shape index (κ3) is 6.02. The number of hydrogen-bond donors (Lipinski definition) is 0. The van der Waals surface area contributed by atoms with Crippen LogP contribution in [0.2, 0.25) is 0 Å². The first-order valence-electron chi connectivity index (χ1n) is 14.1. The molecule has 0 aliphatic heterocycles. The van der Waals surface area contributed by atoms with Crippen LogP contribution in [0.1, 0.15) is 41.7 Å². The molecule has 0 bridgehead atoms. The second-order valence-corrected chi connectivity index (χ2v) is 11.3. The number of aryl methyl sites for hydroxylation is 2. The minimum atomic E-state index is -4.91. The molecule has 0 aliphatic carbocycles. The Labute approximate surface area is 252 Å². The predicted octanol–water partition coefficient (Wildman–Crippen LogP) is 8.33. The van der Waals surface area contributed by atoms with E-state index in [4.69, 9.17) is 4.74 Å². The minimum absolute atomic E-state index is 0.0186. The van der Waals surface area contributed by atoms with Gasteiger partial charge < -0.3 is 9.30 Å². The Kier molecular flexibility index (Phi) is 8.20. The van der Waals surface area contributed by atoms with Crippen LogP contribution in [0.15, 0.2) is 83.8 Å². The number of carbonyl (C=O) groups is 1. The van der Waals surface area contributed by atoms with E-state index in [9.17, 15) is 28.0 Å². The molecule has 0 amide bonds. The van der Waals surface area contributed by atoms with Crippen molar-refractivity contribution in [2.24, 2.45) is 5.92 Å². The SMILES string of the molecule is Cc1ccc(Cn2c(-c3cccc(-c4ccc5ccn(C(=O)OCC(C)C)c5c4)c3)cc(C(F)(F)F)c(C#N)c2=O)c(C)c1. The van der Waals surface area contributed by atoms with E-state index in [1.54, 1.807) is 36.5 Å². The number of pyridine rings is 1. The standard InChI is InChI=1S/C35H30F3N3O3/c1-21(2)20-44-34(43)40-13-12-24-10-11-26(16-31(24)40)25-6-5-7-27(15-25)32-17-30(35(36,37)38)29(18-39)33(42)41(32)19-28-9-8-22(3)14-23(28)4/h5-17,21H,19-20H2,1-4H3. The minimum Gasteiger partial charge on any atom is -0.449 e. The monoisotopic (exact) mass is 597 g/mol. The summed E-state index contributed by atoms with van der Waals surface area (Å²) < 4.78 is 50.4. The van der Waals surface area contributed by atoms with Gasteiger partial charge in [0.15, 0.2) is 0 Å². The van der Waals surface area contributed by atoms with Crippen LogP contribution in [0.25, 0.3) is 33.3 Å². The maximum Gasteiger partial charge on any atom is 0.418 e. The van der Waals surface area contributed by atoms with Crippen molar-refractivity contribution < 1.29 is 22.7 Å². The lowest BCUT2D eigenvalue weighted by Gasteiger charge is -2.19. The van der Waals surface area contributed by atoms with E-state index in [-0.39, 0.29) is 24.8 Å². The molecular weight excluding hydrogens is 567 g/mol. The normalized spacial score (nSPS) is 11.6. The van der Waals surface area contributed by atoms with Gasteiger partial charge in [-0.1, -0.05) is 67.9 Å². The van der Waals surface area contributed by atoms with E-state index in [1.165, 1.54) is 15.2 Å². The summed E-state index contributed by atoms with van der Waals surface area (Å²) >= 11 is 0. The molecule has 0 saturated carbocycles. The second-order valence-electron chi connectivity index (χ2n) is 11.3. The number of alkyl halides is 3. The first-order chi connectivity index (χ1) is 20.9. The van der Waals surface area contributed by atoms with Crippen molar-refractivity contribution in [1.29, 1.82) is 5.26 Å². The van der Waals surface area contributed by atoms with Crippen LogP contribution in [-0.4, -0.2) is 21.8 Å². The summed E-state index contributed by atoms with van der Waals surface area (Å²) in [5.74, 6) is 0.173. The van der Waals surface area contributed by atoms with E-state index < -0.39 is 29.0 Å². The molecule has 0 spiro atoms. The fraction of sp³-hybridized carbons (Fsp3) is 0.229. The molecule has 2 aromatic heterocycles. The summed E-state index contributed by atoms with van der Waals surface area (Å²) in [4.78, 5) is 26.2. The Morgan fingerprint density at radius 3 is 2.36 bits per heavy atom. The van der Waals surface area contributed by atoms with Gasteiger partial charge in [-0.15, -0.1) is 0 Å². The van der Waals surface area contributed by atoms with Gasteiger partial charge in [0.2, 0.25) is 0 Å². The zero-order valence-corrected chi connectivity index (χ0v) is 24.7. The van der Waals surface area contributed by atoms with Gasteiger partial charge in [0.25, 0.3) is 5.56 Å². The fourth-order valence-electron chi connectivity index (χ4n) is 5.20. The highest BCUT2D eigenvalue weighted by atomic mass is 19.4. The third-order valence-electron chi connectivity index (χ3n) is 7.47. The van der Waals surface area contributed by atoms with Crippen LogP contribution in [-0.2, 0) is 17.5 Å². The largest absolute Gasteiger partial charge is 0.449 e. The van der Waals surface area contributed by atoms with E-state index in [0.717, 1.165) is 28.1 Å². The third-order valence-corrected chi connectivity index (χ3v) is 7.47. The number of hydrogen-bond acceptors (Lipinski definition) is 4. The van der Waals surface area contributed by atoms with Crippen LogP contribution in [0, 0.1) is 31.1 Å². The maximum absolute atomic E-state index is 14.1. The summed E-state index contributed by atoms with van der Waals surface area (Å²) in [6.45, 7) is 7.93. The van der Waals surface area contributed by atoms with Gasteiger partial charge in [-0.2, -0.15) is 18.4 Å². The van der Waals surface area contributed by atoms with Gasteiger partial charge in [0.1, 0.15) is 11.6 Å². The average molecular weight is 598 g/mol. The van der Waals surface area contributed by atoms with Crippen molar-refractivity contribution in [2.45, 2.75) is 40.4 Å². The first kappa shape index (κ1) is 30.4. The average Bonchev–Trinajstić information content (AvgIpc) is 3.41. The molecular formula is C35H30F3N3O3. The maximum atomic E-state index is 14.1. The zero-order chi connectivity index (χ0) is 31.8. The molecule has 44 heavy (non-hydrogen) atoms. The molecule has 0 saturated heterocycles. The molecule has 0 fully saturated rings. The molecule has 0 radical (unpaired) electrons. The van der Waals surface area contributed by atoms with Gasteiger partial charge in [0.05, 0.1) is 29.9 Å². The van der Waals surface area contributed by atoms with Crippen LogP contribution >= 0.6 is 0 Å². The number of fused-ring (bicyclic) bond motifs is 1. The van der Waals surface area contributed by atoms with Crippen molar-refractivity contribution in [2.75, 3.05) is 6.61 Å². The molecule has 0 atom stereocenters. The summed E-state index contributed by atoms with van der Waals surface area (Å²) in [5.41, 5.74) is 1.78. The van der Waals surface area contributed by atoms with Gasteiger partial charge in [-0.05, 0) is 71.8 Å². The Bertz CT molecular complexity index is 2000. The number of ether oxygens (including phenoxy) is 1. The second kappa shape index (κ2) is 11.9. The number of nitriles is 1. The molecule has 224 valence electrons. The van der Waals surface area contributed by atoms with Crippen LogP contribution < -0.4 is 5.56 Å². The fourth-order valence-corrected chi connectivity index (χ4v) is 5.20. The molecule has 9 heteroatoms. The van der Waals surface area contributed by atoms with Gasteiger partial charge >= 0.3 is 12.3 Å².